The first-order chi connectivity index (χ1) is 8.43. The second-order valence-electron chi connectivity index (χ2n) is 4.67. The highest BCUT2D eigenvalue weighted by molar-refractivity contribution is 5.43. The predicted octanol–water partition coefficient (Wildman–Crippen LogP) is 2.35. The van der Waals surface area contributed by atoms with Gasteiger partial charge in [0.1, 0.15) is 11.4 Å². The van der Waals surface area contributed by atoms with Crippen LogP contribution in [0, 0.1) is 17.0 Å². The zero-order chi connectivity index (χ0) is 13.9. The molecule has 0 aliphatic rings. The Kier molecular flexibility index (Phi) is 4.84. The Morgan fingerprint density at radius 1 is 1.50 bits per heavy atom. The molecule has 0 bridgehead atoms. The van der Waals surface area contributed by atoms with Gasteiger partial charge in [0.15, 0.2) is 0 Å². The summed E-state index contributed by atoms with van der Waals surface area (Å²) in [6.45, 7) is 8.28. The second-order valence-corrected chi connectivity index (χ2v) is 4.67. The average molecular weight is 254 g/mol. The highest BCUT2D eigenvalue weighted by Gasteiger charge is 2.31. The van der Waals surface area contributed by atoms with Crippen LogP contribution in [0.5, 0.6) is 0 Å². The van der Waals surface area contributed by atoms with Crippen molar-refractivity contribution in [3.63, 3.8) is 0 Å². The monoisotopic (exact) mass is 254 g/mol. The highest BCUT2D eigenvalue weighted by Crippen LogP contribution is 2.33. The molecule has 0 amide bonds. The van der Waals surface area contributed by atoms with Crippen LogP contribution in [0.4, 0.5) is 5.69 Å². The van der Waals surface area contributed by atoms with E-state index in [4.69, 9.17) is 5.73 Å². The van der Waals surface area contributed by atoms with Crippen molar-refractivity contribution < 1.29 is 4.92 Å². The largest absolute Gasteiger partial charge is 0.327 e. The second kappa shape index (κ2) is 5.95. The van der Waals surface area contributed by atoms with E-state index in [2.05, 4.69) is 5.10 Å². The predicted molar refractivity (Wildman–Crippen MR) is 70.6 cm³/mol. The molecule has 0 aliphatic heterocycles. The summed E-state index contributed by atoms with van der Waals surface area (Å²) < 4.78 is 1.75. The Morgan fingerprint density at radius 3 is 2.50 bits per heavy atom. The third-order valence-electron chi connectivity index (χ3n) is 3.18. The SMILES string of the molecule is CCCn1nc(C)c([N+](=O)[O-])c1C(CC)C(C)N. The molecule has 102 valence electrons. The third-order valence-corrected chi connectivity index (χ3v) is 3.18. The summed E-state index contributed by atoms with van der Waals surface area (Å²) in [6, 6.07) is -0.125. The molecule has 0 aromatic carbocycles. The molecular weight excluding hydrogens is 232 g/mol. The minimum atomic E-state index is -0.338. The molecule has 0 saturated heterocycles. The fourth-order valence-electron chi connectivity index (χ4n) is 2.38. The van der Waals surface area contributed by atoms with Crippen molar-refractivity contribution in [2.24, 2.45) is 5.73 Å². The molecule has 2 N–H and O–H groups in total. The van der Waals surface area contributed by atoms with E-state index in [-0.39, 0.29) is 22.6 Å². The molecule has 2 atom stereocenters. The Hall–Kier alpha value is -1.43. The summed E-state index contributed by atoms with van der Waals surface area (Å²) in [4.78, 5) is 10.9. The van der Waals surface area contributed by atoms with Gasteiger partial charge >= 0.3 is 5.69 Å². The fourth-order valence-corrected chi connectivity index (χ4v) is 2.38. The highest BCUT2D eigenvalue weighted by atomic mass is 16.6. The standard InChI is InChI=1S/C12H22N4O2/c1-5-7-15-12(10(6-2)8(3)13)11(16(17)18)9(4)14-15/h8,10H,5-7,13H2,1-4H3. The Morgan fingerprint density at radius 2 is 2.11 bits per heavy atom. The molecule has 0 radical (unpaired) electrons. The van der Waals surface area contributed by atoms with Crippen LogP contribution in [-0.4, -0.2) is 20.7 Å². The number of nitro groups is 1. The third kappa shape index (κ3) is 2.69. The molecule has 0 fully saturated rings. The minimum Gasteiger partial charge on any atom is -0.327 e. The number of nitrogens with zero attached hydrogens (tertiary/aromatic N) is 3. The van der Waals surface area contributed by atoms with Gasteiger partial charge < -0.3 is 5.73 Å². The summed E-state index contributed by atoms with van der Waals surface area (Å²) in [5.74, 6) is -0.0295. The molecule has 18 heavy (non-hydrogen) atoms. The number of aryl methyl sites for hydroxylation is 2. The van der Waals surface area contributed by atoms with E-state index in [0.717, 1.165) is 12.8 Å². The summed E-state index contributed by atoms with van der Waals surface area (Å²) in [5.41, 5.74) is 7.24. The van der Waals surface area contributed by atoms with Crippen molar-refractivity contribution in [2.75, 3.05) is 0 Å². The molecule has 1 aromatic heterocycles. The van der Waals surface area contributed by atoms with E-state index in [1.54, 1.807) is 11.6 Å². The van der Waals surface area contributed by atoms with Crippen LogP contribution in [0.1, 0.15) is 50.9 Å². The topological polar surface area (TPSA) is 87.0 Å². The van der Waals surface area contributed by atoms with Crippen molar-refractivity contribution >= 4 is 5.69 Å². The molecule has 1 aromatic rings. The van der Waals surface area contributed by atoms with Crippen molar-refractivity contribution in [1.29, 1.82) is 0 Å². The van der Waals surface area contributed by atoms with Crippen molar-refractivity contribution in [3.8, 4) is 0 Å². The average Bonchev–Trinajstić information content (AvgIpc) is 2.57. The quantitative estimate of drug-likeness (QED) is 0.623. The number of nitrogens with two attached hydrogens (primary N) is 1. The number of hydrogen-bond donors (Lipinski definition) is 1. The molecule has 1 rings (SSSR count). The Labute approximate surface area is 107 Å². The first-order valence-corrected chi connectivity index (χ1v) is 6.41. The van der Waals surface area contributed by atoms with Gasteiger partial charge in [0.25, 0.3) is 0 Å². The van der Waals surface area contributed by atoms with Crippen LogP contribution < -0.4 is 5.73 Å². The molecule has 0 spiro atoms. The Balaban J connectivity index is 3.39. The number of aromatic nitrogens is 2. The number of rotatable bonds is 6. The van der Waals surface area contributed by atoms with E-state index >= 15 is 0 Å². The minimum absolute atomic E-state index is 0.0295. The molecular formula is C12H22N4O2. The van der Waals surface area contributed by atoms with Gasteiger partial charge in [-0.05, 0) is 26.7 Å². The van der Waals surface area contributed by atoms with Crippen LogP contribution >= 0.6 is 0 Å². The maximum atomic E-state index is 11.2. The molecule has 6 heteroatoms. The lowest BCUT2D eigenvalue weighted by atomic mass is 9.93. The van der Waals surface area contributed by atoms with E-state index in [1.807, 2.05) is 20.8 Å². The lowest BCUT2D eigenvalue weighted by molar-refractivity contribution is -0.386. The first-order valence-electron chi connectivity index (χ1n) is 6.41. The van der Waals surface area contributed by atoms with Crippen LogP contribution in [0.3, 0.4) is 0 Å². The Bertz CT molecular complexity index is 426. The van der Waals surface area contributed by atoms with E-state index in [9.17, 15) is 10.1 Å². The zero-order valence-corrected chi connectivity index (χ0v) is 11.5. The lowest BCUT2D eigenvalue weighted by Gasteiger charge is -2.19. The molecule has 6 nitrogen and oxygen atoms in total. The van der Waals surface area contributed by atoms with Crippen LogP contribution in [0.15, 0.2) is 0 Å². The van der Waals surface area contributed by atoms with E-state index < -0.39 is 0 Å². The van der Waals surface area contributed by atoms with E-state index in [1.165, 1.54) is 0 Å². The zero-order valence-electron chi connectivity index (χ0n) is 11.5. The fraction of sp³-hybridized carbons (Fsp3) is 0.750. The van der Waals surface area contributed by atoms with E-state index in [0.29, 0.717) is 17.9 Å². The van der Waals surface area contributed by atoms with Gasteiger partial charge in [0.05, 0.1) is 4.92 Å². The van der Waals surface area contributed by atoms with Gasteiger partial charge in [0, 0.05) is 18.5 Å². The number of hydrogen-bond acceptors (Lipinski definition) is 4. The normalized spacial score (nSPS) is 14.5. The summed E-state index contributed by atoms with van der Waals surface area (Å²) in [7, 11) is 0. The summed E-state index contributed by atoms with van der Waals surface area (Å²) in [5, 5.41) is 15.5. The van der Waals surface area contributed by atoms with Gasteiger partial charge in [-0.3, -0.25) is 14.8 Å². The van der Waals surface area contributed by atoms with Gasteiger partial charge in [-0.2, -0.15) is 5.10 Å². The first kappa shape index (κ1) is 14.6. The van der Waals surface area contributed by atoms with Crippen LogP contribution in [0.2, 0.25) is 0 Å². The molecule has 0 aliphatic carbocycles. The van der Waals surface area contributed by atoms with Crippen LogP contribution in [0.25, 0.3) is 0 Å². The van der Waals surface area contributed by atoms with Crippen molar-refractivity contribution in [2.45, 2.75) is 59.0 Å². The molecule has 0 saturated carbocycles. The van der Waals surface area contributed by atoms with Crippen molar-refractivity contribution in [3.05, 3.63) is 21.5 Å². The molecule has 2 unspecified atom stereocenters. The molecule has 1 heterocycles. The van der Waals surface area contributed by atoms with Gasteiger partial charge in [-0.15, -0.1) is 0 Å². The maximum Gasteiger partial charge on any atom is 0.313 e. The maximum absolute atomic E-state index is 11.2. The summed E-state index contributed by atoms with van der Waals surface area (Å²) in [6.07, 6.45) is 1.66. The smallest absolute Gasteiger partial charge is 0.313 e. The lowest BCUT2D eigenvalue weighted by Crippen LogP contribution is -2.27. The van der Waals surface area contributed by atoms with Crippen LogP contribution in [-0.2, 0) is 6.54 Å². The van der Waals surface area contributed by atoms with Crippen molar-refractivity contribution in [1.82, 2.24) is 9.78 Å². The van der Waals surface area contributed by atoms with Gasteiger partial charge in [-0.1, -0.05) is 13.8 Å². The summed E-state index contributed by atoms with van der Waals surface area (Å²) >= 11 is 0. The van der Waals surface area contributed by atoms with Gasteiger partial charge in [-0.25, -0.2) is 0 Å². The van der Waals surface area contributed by atoms with Gasteiger partial charge in [0.2, 0.25) is 0 Å².